The van der Waals surface area contributed by atoms with E-state index in [2.05, 4.69) is 50.4 Å². The van der Waals surface area contributed by atoms with E-state index >= 15 is 0 Å². The lowest BCUT2D eigenvalue weighted by Crippen LogP contribution is -2.44. The van der Waals surface area contributed by atoms with Crippen molar-refractivity contribution in [1.29, 1.82) is 0 Å². The van der Waals surface area contributed by atoms with Gasteiger partial charge >= 0.3 is 0 Å². The first-order valence-corrected chi connectivity index (χ1v) is 11.0. The summed E-state index contributed by atoms with van der Waals surface area (Å²) >= 11 is 3.95. The van der Waals surface area contributed by atoms with E-state index in [4.69, 9.17) is 14.5 Å². The molecule has 1 N–H and O–H groups in total. The number of aromatic nitrogens is 1. The number of piperidine rings is 1. The average molecular weight is 446 g/mol. The molecule has 0 amide bonds. The number of halogens is 1. The number of methoxy groups -OCH3 is 1. The molecule has 2 aromatic rings. The lowest BCUT2D eigenvalue weighted by atomic mass is 10.0. The summed E-state index contributed by atoms with van der Waals surface area (Å²) in [6.07, 6.45) is 4.67. The predicted molar refractivity (Wildman–Crippen MR) is 115 cm³/mol. The lowest BCUT2D eigenvalue weighted by molar-refractivity contribution is 0.269. The number of anilines is 1. The fraction of sp³-hybridized carbons (Fsp3) is 0.500. The number of nitrogens with one attached hydrogen (secondary N) is 1. The van der Waals surface area contributed by atoms with Crippen molar-refractivity contribution in [3.05, 3.63) is 48.0 Å². The van der Waals surface area contributed by atoms with Crippen LogP contribution in [-0.2, 0) is 0 Å². The second kappa shape index (κ2) is 9.14. The number of pyridine rings is 1. The minimum absolute atomic E-state index is 0.0500. The van der Waals surface area contributed by atoms with Crippen LogP contribution in [0.1, 0.15) is 36.2 Å². The molecule has 0 spiro atoms. The highest BCUT2D eigenvalue weighted by Crippen LogP contribution is 2.38. The van der Waals surface area contributed by atoms with Crippen molar-refractivity contribution in [1.82, 2.24) is 10.3 Å². The Labute approximate surface area is 175 Å². The summed E-state index contributed by atoms with van der Waals surface area (Å²) in [5.74, 6) is 2.88. The molecule has 1 unspecified atom stereocenters. The molecule has 150 valence electrons. The molecule has 2 fully saturated rings. The van der Waals surface area contributed by atoms with Crippen molar-refractivity contribution in [3.63, 3.8) is 0 Å². The van der Waals surface area contributed by atoms with Crippen molar-refractivity contribution in [2.24, 2.45) is 5.92 Å². The van der Waals surface area contributed by atoms with E-state index in [9.17, 15) is 0 Å². The van der Waals surface area contributed by atoms with Crippen LogP contribution in [0.3, 0.4) is 0 Å². The van der Waals surface area contributed by atoms with Crippen molar-refractivity contribution in [2.45, 2.75) is 36.7 Å². The maximum absolute atomic E-state index is 6.03. The molecule has 1 saturated heterocycles. The molecule has 1 aromatic heterocycles. The highest BCUT2D eigenvalue weighted by atomic mass is 79.9. The second-order valence-electron chi connectivity index (χ2n) is 7.57. The molecule has 2 aliphatic rings. The molecule has 1 aromatic carbocycles. The summed E-state index contributed by atoms with van der Waals surface area (Å²) < 4.78 is 11.5. The summed E-state index contributed by atoms with van der Waals surface area (Å²) in [4.78, 5) is 7.33. The fourth-order valence-corrected chi connectivity index (χ4v) is 4.50. The summed E-state index contributed by atoms with van der Waals surface area (Å²) in [5.41, 5.74) is 1.22. The van der Waals surface area contributed by atoms with Crippen molar-refractivity contribution >= 4 is 21.7 Å². The first kappa shape index (κ1) is 19.5. The van der Waals surface area contributed by atoms with Gasteiger partial charge in [-0.2, -0.15) is 4.98 Å². The molecule has 1 aliphatic carbocycles. The third-order valence-electron chi connectivity index (χ3n) is 5.47. The molecule has 1 atom stereocenters. The van der Waals surface area contributed by atoms with Gasteiger partial charge in [0, 0.05) is 6.04 Å². The number of hydrogen-bond acceptors (Lipinski definition) is 5. The van der Waals surface area contributed by atoms with Gasteiger partial charge in [0.2, 0.25) is 0 Å². The van der Waals surface area contributed by atoms with E-state index in [0.29, 0.717) is 23.6 Å². The zero-order valence-corrected chi connectivity index (χ0v) is 17.9. The van der Waals surface area contributed by atoms with Gasteiger partial charge in [-0.1, -0.05) is 46.3 Å². The number of hydrogen-bond donors (Lipinski definition) is 1. The van der Waals surface area contributed by atoms with Crippen LogP contribution in [0.4, 0.5) is 5.82 Å². The molecule has 2 heterocycles. The molecule has 28 heavy (non-hydrogen) atoms. The van der Waals surface area contributed by atoms with Gasteiger partial charge in [0.25, 0.3) is 5.88 Å². The first-order valence-electron chi connectivity index (χ1n) is 10.1. The van der Waals surface area contributed by atoms with Crippen LogP contribution in [0.5, 0.6) is 11.6 Å². The van der Waals surface area contributed by atoms with Gasteiger partial charge in [0.15, 0.2) is 5.75 Å². The van der Waals surface area contributed by atoms with Gasteiger partial charge in [0.05, 0.1) is 13.7 Å². The Hall–Kier alpha value is -1.79. The predicted octanol–water partition coefficient (Wildman–Crippen LogP) is 4.53. The fourth-order valence-electron chi connectivity index (χ4n) is 3.65. The van der Waals surface area contributed by atoms with E-state index < -0.39 is 0 Å². The van der Waals surface area contributed by atoms with Crippen LogP contribution < -0.4 is 19.7 Å². The van der Waals surface area contributed by atoms with Crippen LogP contribution in [0, 0.1) is 5.92 Å². The first-order chi connectivity index (χ1) is 13.8. The van der Waals surface area contributed by atoms with Crippen LogP contribution in [0.25, 0.3) is 0 Å². The van der Waals surface area contributed by atoms with Crippen molar-refractivity contribution in [2.75, 3.05) is 31.7 Å². The monoisotopic (exact) mass is 445 g/mol. The highest BCUT2D eigenvalue weighted by Gasteiger charge is 2.30. The number of nitrogens with zero attached hydrogens (tertiary/aromatic N) is 2. The van der Waals surface area contributed by atoms with Gasteiger partial charge < -0.3 is 19.7 Å². The number of alkyl halides is 1. The van der Waals surface area contributed by atoms with E-state index in [0.717, 1.165) is 38.4 Å². The lowest BCUT2D eigenvalue weighted by Gasteiger charge is -2.39. The van der Waals surface area contributed by atoms with E-state index in [1.807, 2.05) is 18.2 Å². The quantitative estimate of drug-likeness (QED) is 0.477. The average Bonchev–Trinajstić information content (AvgIpc) is 3.58. The number of ether oxygens (including phenoxy) is 2. The molecular formula is C22H28BrN3O2. The van der Waals surface area contributed by atoms with Crippen molar-refractivity contribution < 1.29 is 9.47 Å². The molecule has 1 aliphatic heterocycles. The van der Waals surface area contributed by atoms with Crippen LogP contribution in [0.15, 0.2) is 42.5 Å². The topological polar surface area (TPSA) is 46.6 Å². The van der Waals surface area contributed by atoms with Gasteiger partial charge in [-0.3, -0.25) is 0 Å². The van der Waals surface area contributed by atoms with Gasteiger partial charge in [-0.25, -0.2) is 0 Å². The van der Waals surface area contributed by atoms with E-state index in [1.54, 1.807) is 7.11 Å². The second-order valence-corrected chi connectivity index (χ2v) is 8.43. The Morgan fingerprint density at radius 1 is 1.11 bits per heavy atom. The molecule has 5 nitrogen and oxygen atoms in total. The molecule has 1 saturated carbocycles. The van der Waals surface area contributed by atoms with Gasteiger partial charge in [0.1, 0.15) is 10.8 Å². The normalized spacial score (nSPS) is 18.5. The standard InChI is InChI=1S/C22H28BrN3O2/c1-27-19-9-10-20(25-22(19)28-15-16-7-8-16)26(18-11-13-24-14-12-18)21(23)17-5-3-2-4-6-17/h2-6,9-10,16,18,21,24H,7-8,11-15H2,1H3. The smallest absolute Gasteiger partial charge is 0.258 e. The highest BCUT2D eigenvalue weighted by molar-refractivity contribution is 9.09. The zero-order chi connectivity index (χ0) is 19.3. The number of benzene rings is 1. The Bertz CT molecular complexity index is 764. The van der Waals surface area contributed by atoms with E-state index in [-0.39, 0.29) is 4.95 Å². The van der Waals surface area contributed by atoms with Crippen LogP contribution >= 0.6 is 15.9 Å². The summed E-state index contributed by atoms with van der Waals surface area (Å²) in [6.45, 7) is 2.77. The van der Waals surface area contributed by atoms with Crippen LogP contribution in [-0.4, -0.2) is 37.8 Å². The summed E-state index contributed by atoms with van der Waals surface area (Å²) in [6, 6.07) is 14.9. The Kier molecular flexibility index (Phi) is 6.37. The molecular weight excluding hydrogens is 418 g/mol. The molecule has 0 bridgehead atoms. The van der Waals surface area contributed by atoms with Crippen molar-refractivity contribution in [3.8, 4) is 11.6 Å². The largest absolute Gasteiger partial charge is 0.491 e. The van der Waals surface area contributed by atoms with Gasteiger partial charge in [-0.15, -0.1) is 0 Å². The third-order valence-corrected chi connectivity index (χ3v) is 6.44. The Morgan fingerprint density at radius 3 is 2.54 bits per heavy atom. The van der Waals surface area contributed by atoms with E-state index in [1.165, 1.54) is 18.4 Å². The Balaban J connectivity index is 1.65. The molecule has 0 radical (unpaired) electrons. The molecule has 6 heteroatoms. The maximum Gasteiger partial charge on any atom is 0.258 e. The molecule has 4 rings (SSSR count). The minimum Gasteiger partial charge on any atom is -0.491 e. The summed E-state index contributed by atoms with van der Waals surface area (Å²) in [5, 5.41) is 3.46. The number of rotatable bonds is 8. The maximum atomic E-state index is 6.03. The Morgan fingerprint density at radius 2 is 1.86 bits per heavy atom. The van der Waals surface area contributed by atoms with Gasteiger partial charge in [-0.05, 0) is 62.4 Å². The summed E-state index contributed by atoms with van der Waals surface area (Å²) in [7, 11) is 1.67. The third kappa shape index (κ3) is 4.61. The minimum atomic E-state index is 0.0500. The van der Waals surface area contributed by atoms with Crippen LogP contribution in [0.2, 0.25) is 0 Å². The SMILES string of the molecule is COc1ccc(N(C2CCNCC2)C(Br)c2ccccc2)nc1OCC1CC1. The zero-order valence-electron chi connectivity index (χ0n) is 16.3.